The molecule has 5 rings (SSSR count). The summed E-state index contributed by atoms with van der Waals surface area (Å²) in [5.74, 6) is 1.47. The fourth-order valence-electron chi connectivity index (χ4n) is 5.45. The molecule has 1 aromatic heterocycles. The van der Waals surface area contributed by atoms with E-state index in [0.29, 0.717) is 26.2 Å². The summed E-state index contributed by atoms with van der Waals surface area (Å²) < 4.78 is 19.3. The molecule has 0 N–H and O–H groups in total. The Hall–Kier alpha value is -4.57. The van der Waals surface area contributed by atoms with Gasteiger partial charge in [0.25, 0.3) is 0 Å². The molecule has 1 saturated heterocycles. The first kappa shape index (κ1) is 32.8. The van der Waals surface area contributed by atoms with Crippen molar-refractivity contribution >= 4 is 17.6 Å². The molecule has 0 saturated carbocycles. The molecule has 46 heavy (non-hydrogen) atoms. The van der Waals surface area contributed by atoms with Gasteiger partial charge in [0.2, 0.25) is 0 Å². The zero-order chi connectivity index (χ0) is 32.3. The van der Waals surface area contributed by atoms with Crippen LogP contribution in [0, 0.1) is 10.1 Å². The topological polar surface area (TPSA) is 95.1 Å². The number of rotatable bonds is 14. The van der Waals surface area contributed by atoms with Crippen LogP contribution in [0.25, 0.3) is 6.08 Å². The van der Waals surface area contributed by atoms with Crippen LogP contribution in [0.15, 0.2) is 84.1 Å². The van der Waals surface area contributed by atoms with Crippen molar-refractivity contribution in [2.24, 2.45) is 0 Å². The maximum absolute atomic E-state index is 11.0. The zero-order valence-electron chi connectivity index (χ0n) is 27.1. The van der Waals surface area contributed by atoms with E-state index in [-0.39, 0.29) is 17.9 Å². The number of fused-ring (bicyclic) bond motifs is 1. The first-order valence-electron chi connectivity index (χ1n) is 16.1. The van der Waals surface area contributed by atoms with Crippen molar-refractivity contribution in [2.45, 2.75) is 52.7 Å². The Morgan fingerprint density at radius 1 is 0.978 bits per heavy atom. The highest BCUT2D eigenvalue weighted by Gasteiger charge is 2.28. The molecule has 0 unspecified atom stereocenters. The fraction of sp³-hybridized carbons (Fsp3) is 0.417. The van der Waals surface area contributed by atoms with Gasteiger partial charge in [0, 0.05) is 56.4 Å². The van der Waals surface area contributed by atoms with Crippen LogP contribution in [0.4, 0.5) is 11.5 Å². The zero-order valence-corrected chi connectivity index (χ0v) is 27.1. The van der Waals surface area contributed by atoms with Gasteiger partial charge in [-0.05, 0) is 86.6 Å². The number of ether oxygens (including phenoxy) is 3. The summed E-state index contributed by atoms with van der Waals surface area (Å²) in [5.41, 5.74) is 5.08. The highest BCUT2D eigenvalue weighted by Crippen LogP contribution is 2.26. The Morgan fingerprint density at radius 2 is 1.70 bits per heavy atom. The molecule has 0 amide bonds. The molecular weight excluding hydrogens is 582 g/mol. The minimum atomic E-state index is -0.508. The Balaban J connectivity index is 0.982. The van der Waals surface area contributed by atoms with E-state index < -0.39 is 4.92 Å². The van der Waals surface area contributed by atoms with E-state index in [4.69, 9.17) is 14.2 Å². The molecule has 0 aliphatic carbocycles. The van der Waals surface area contributed by atoms with Gasteiger partial charge in [-0.25, -0.2) is 0 Å². The van der Waals surface area contributed by atoms with Crippen LogP contribution < -0.4 is 19.1 Å². The summed E-state index contributed by atoms with van der Waals surface area (Å²) in [6.07, 6.45) is 12.9. The lowest BCUT2D eigenvalue weighted by Gasteiger charge is -2.35. The number of anilines is 1. The van der Waals surface area contributed by atoms with Crippen molar-refractivity contribution in [3.8, 4) is 17.5 Å². The molecule has 2 aromatic carbocycles. The second-order valence-corrected chi connectivity index (χ2v) is 12.1. The molecule has 0 radical (unpaired) electrons. The van der Waals surface area contributed by atoms with Crippen LogP contribution in [-0.4, -0.2) is 71.4 Å². The van der Waals surface area contributed by atoms with Crippen molar-refractivity contribution < 1.29 is 19.1 Å². The van der Waals surface area contributed by atoms with Gasteiger partial charge in [-0.15, -0.1) is 0 Å². The van der Waals surface area contributed by atoms with Crippen LogP contribution in [-0.2, 0) is 6.54 Å². The summed E-state index contributed by atoms with van der Waals surface area (Å²) in [6, 6.07) is 16.7. The predicted octanol–water partition coefficient (Wildman–Crippen LogP) is 6.93. The van der Waals surface area contributed by atoms with Gasteiger partial charge in [-0.1, -0.05) is 41.5 Å². The average molecular weight is 628 g/mol. The summed E-state index contributed by atoms with van der Waals surface area (Å²) in [6.45, 7) is 12.9. The molecule has 1 fully saturated rings. The van der Waals surface area contributed by atoms with E-state index in [0.717, 1.165) is 57.1 Å². The summed E-state index contributed by atoms with van der Waals surface area (Å²) in [7, 11) is 0. The highest BCUT2D eigenvalue weighted by molar-refractivity contribution is 5.51. The second-order valence-electron chi connectivity index (χ2n) is 12.1. The summed E-state index contributed by atoms with van der Waals surface area (Å²) >= 11 is 0. The normalized spacial score (nSPS) is 17.0. The van der Waals surface area contributed by atoms with E-state index in [1.807, 2.05) is 24.3 Å². The molecule has 244 valence electrons. The van der Waals surface area contributed by atoms with E-state index >= 15 is 0 Å². The molecule has 1 atom stereocenters. The molecular formula is C36H45N5O5. The van der Waals surface area contributed by atoms with E-state index in [1.165, 1.54) is 28.6 Å². The lowest BCUT2D eigenvalue weighted by atomic mass is 10.1. The number of allylic oxidation sites excluding steroid dienone is 3. The van der Waals surface area contributed by atoms with Crippen LogP contribution in [0.3, 0.4) is 0 Å². The van der Waals surface area contributed by atoms with Crippen LogP contribution in [0.5, 0.6) is 17.5 Å². The first-order chi connectivity index (χ1) is 22.3. The minimum absolute atomic E-state index is 0.197. The lowest BCUT2D eigenvalue weighted by Crippen LogP contribution is -2.46. The van der Waals surface area contributed by atoms with Crippen LogP contribution in [0.1, 0.15) is 45.6 Å². The molecule has 2 aliphatic heterocycles. The SMILES string of the molecule is CC(C)=CCCC(C)=CCOc1ccc(C=CCN2CCN(c3ccc(OC[C@H]4CCn5cc([N+](=O)[O-])nc5O4)cc3)CC2)cc1. The molecule has 0 spiro atoms. The standard InChI is InChI=1S/C36H45N5O5/c1-28(2)6-4-7-29(3)18-25-44-32-13-9-30(10-14-32)8-5-19-38-21-23-39(24-22-38)31-11-15-33(16-12-31)45-27-34-17-20-40-26-35(41(42)43)37-36(40)46-34/h5-6,8-16,18,26,34H,4,7,17,19-25,27H2,1-3H3/t34-/m1/s1. The molecule has 2 aliphatic rings. The van der Waals surface area contributed by atoms with Crippen molar-refractivity contribution in [1.82, 2.24) is 14.5 Å². The Bertz CT molecular complexity index is 1520. The van der Waals surface area contributed by atoms with Gasteiger partial charge < -0.3 is 29.2 Å². The largest absolute Gasteiger partial charge is 0.490 e. The smallest absolute Gasteiger partial charge is 0.414 e. The Labute approximate surface area is 271 Å². The molecule has 10 heteroatoms. The van der Waals surface area contributed by atoms with E-state index in [1.54, 1.807) is 4.57 Å². The van der Waals surface area contributed by atoms with Gasteiger partial charge in [0.1, 0.15) is 37.0 Å². The predicted molar refractivity (Wildman–Crippen MR) is 182 cm³/mol. The van der Waals surface area contributed by atoms with Crippen LogP contribution >= 0.6 is 0 Å². The molecule has 3 aromatic rings. The van der Waals surface area contributed by atoms with Crippen molar-refractivity contribution in [2.75, 3.05) is 50.8 Å². The van der Waals surface area contributed by atoms with Crippen molar-refractivity contribution in [3.05, 3.63) is 99.8 Å². The fourth-order valence-corrected chi connectivity index (χ4v) is 5.45. The lowest BCUT2D eigenvalue weighted by molar-refractivity contribution is -0.389. The number of piperazine rings is 1. The first-order valence-corrected chi connectivity index (χ1v) is 16.1. The van der Waals surface area contributed by atoms with Crippen LogP contribution in [0.2, 0.25) is 0 Å². The third kappa shape index (κ3) is 9.71. The number of nitrogens with zero attached hydrogens (tertiary/aromatic N) is 5. The monoisotopic (exact) mass is 627 g/mol. The minimum Gasteiger partial charge on any atom is -0.490 e. The van der Waals surface area contributed by atoms with Crippen molar-refractivity contribution in [1.29, 1.82) is 0 Å². The average Bonchev–Trinajstić information content (AvgIpc) is 3.49. The number of nitro groups is 1. The molecule has 3 heterocycles. The van der Waals surface area contributed by atoms with Gasteiger partial charge in [-0.3, -0.25) is 9.47 Å². The third-order valence-electron chi connectivity index (χ3n) is 8.22. The number of aryl methyl sites for hydroxylation is 1. The number of aromatic nitrogens is 2. The third-order valence-corrected chi connectivity index (χ3v) is 8.22. The van der Waals surface area contributed by atoms with E-state index in [2.05, 4.69) is 84.1 Å². The summed E-state index contributed by atoms with van der Waals surface area (Å²) in [4.78, 5) is 19.3. The number of imidazole rings is 1. The Kier molecular flexibility index (Phi) is 11.5. The van der Waals surface area contributed by atoms with E-state index in [9.17, 15) is 10.1 Å². The van der Waals surface area contributed by atoms with Crippen molar-refractivity contribution in [3.63, 3.8) is 0 Å². The number of hydrogen-bond donors (Lipinski definition) is 0. The maximum atomic E-state index is 11.0. The van der Waals surface area contributed by atoms with Gasteiger partial charge in [0.15, 0.2) is 0 Å². The quantitative estimate of drug-likeness (QED) is 0.108. The summed E-state index contributed by atoms with van der Waals surface area (Å²) in [5, 5.41) is 11.0. The number of hydrogen-bond acceptors (Lipinski definition) is 8. The maximum Gasteiger partial charge on any atom is 0.414 e. The van der Waals surface area contributed by atoms with Gasteiger partial charge in [0.05, 0.1) is 0 Å². The Morgan fingerprint density at radius 3 is 2.41 bits per heavy atom. The number of benzene rings is 2. The van der Waals surface area contributed by atoms with Gasteiger partial charge >= 0.3 is 11.8 Å². The molecule has 10 nitrogen and oxygen atoms in total. The highest BCUT2D eigenvalue weighted by atomic mass is 16.6. The second kappa shape index (κ2) is 16.1. The molecule has 0 bridgehead atoms. The van der Waals surface area contributed by atoms with Gasteiger partial charge in [-0.2, -0.15) is 0 Å².